The number of imidazole rings is 1. The van der Waals surface area contributed by atoms with Crippen LogP contribution in [0.25, 0.3) is 16.9 Å². The van der Waals surface area contributed by atoms with Crippen LogP contribution in [0.4, 0.5) is 19.0 Å². The van der Waals surface area contributed by atoms with Gasteiger partial charge in [0.05, 0.1) is 39.9 Å². The number of benzene rings is 1. The molecule has 16 heteroatoms. The van der Waals surface area contributed by atoms with Gasteiger partial charge in [-0.25, -0.2) is 32.4 Å². The Hall–Kier alpha value is -4.28. The molecular formula is C21H17F3N8O4S. The first-order valence-electron chi connectivity index (χ1n) is 10.5. The normalized spacial score (nSPS) is 22.3. The minimum absolute atomic E-state index is 0.0317. The monoisotopic (exact) mass is 534 g/mol. The fraction of sp³-hybridized carbons (Fsp3) is 0.333. The second-order valence-electron chi connectivity index (χ2n) is 8.78. The van der Waals surface area contributed by atoms with Gasteiger partial charge in [0.1, 0.15) is 6.33 Å². The molecule has 12 nitrogen and oxygen atoms in total. The molecule has 192 valence electrons. The number of sulfonamides is 1. The fourth-order valence-electron chi connectivity index (χ4n) is 4.70. The third kappa shape index (κ3) is 4.64. The van der Waals surface area contributed by atoms with E-state index in [1.54, 1.807) is 0 Å². The van der Waals surface area contributed by atoms with Crippen molar-refractivity contribution in [3.8, 4) is 23.4 Å². The van der Waals surface area contributed by atoms with Crippen LogP contribution in [-0.2, 0) is 14.8 Å². The highest BCUT2D eigenvalue weighted by Gasteiger charge is 2.62. The summed E-state index contributed by atoms with van der Waals surface area (Å²) in [5.74, 6) is -2.58. The predicted molar refractivity (Wildman–Crippen MR) is 119 cm³/mol. The van der Waals surface area contributed by atoms with Gasteiger partial charge in [0.15, 0.2) is 11.5 Å². The van der Waals surface area contributed by atoms with E-state index < -0.39 is 33.1 Å². The Morgan fingerprint density at radius 3 is 2.46 bits per heavy atom. The van der Waals surface area contributed by atoms with E-state index in [2.05, 4.69) is 31.9 Å². The molecule has 6 rings (SSSR count). The average molecular weight is 534 g/mol. The topological polar surface area (TPSA) is 200 Å². The zero-order valence-corrected chi connectivity index (χ0v) is 19.5. The molecule has 0 saturated heterocycles. The molecule has 3 fully saturated rings. The SMILES string of the molecule is N#Cc1ccc(S(=O)(=O)NC23CCC(C#N)(C2)C3)cc1-c1cnc2c(N)ncnn12.O=C(O)C(F)(F)F. The van der Waals surface area contributed by atoms with Crippen molar-refractivity contribution in [1.29, 1.82) is 10.5 Å². The maximum Gasteiger partial charge on any atom is 0.490 e. The first-order valence-corrected chi connectivity index (χ1v) is 12.0. The van der Waals surface area contributed by atoms with Gasteiger partial charge in [-0.3, -0.25) is 0 Å². The lowest BCUT2D eigenvalue weighted by Gasteiger charge is -2.43. The second kappa shape index (κ2) is 8.68. The van der Waals surface area contributed by atoms with Gasteiger partial charge >= 0.3 is 12.1 Å². The number of carbonyl (C=O) groups is 1. The van der Waals surface area contributed by atoms with E-state index in [4.69, 9.17) is 15.6 Å². The summed E-state index contributed by atoms with van der Waals surface area (Å²) < 4.78 is 62.2. The molecule has 3 aliphatic carbocycles. The number of halogens is 3. The summed E-state index contributed by atoms with van der Waals surface area (Å²) >= 11 is 0. The molecule has 0 unspecified atom stereocenters. The van der Waals surface area contributed by atoms with E-state index in [1.165, 1.54) is 35.2 Å². The number of nitrogens with zero attached hydrogens (tertiary/aromatic N) is 6. The lowest BCUT2D eigenvalue weighted by molar-refractivity contribution is -0.192. The van der Waals surface area contributed by atoms with Crippen LogP contribution in [-0.4, -0.2) is 50.8 Å². The van der Waals surface area contributed by atoms with E-state index in [0.717, 1.165) is 0 Å². The van der Waals surface area contributed by atoms with Crippen molar-refractivity contribution >= 4 is 27.5 Å². The van der Waals surface area contributed by atoms with Crippen molar-refractivity contribution in [2.75, 3.05) is 5.73 Å². The lowest BCUT2D eigenvalue weighted by atomic mass is 9.66. The second-order valence-corrected chi connectivity index (χ2v) is 10.5. The summed E-state index contributed by atoms with van der Waals surface area (Å²) in [6, 6.07) is 8.69. The first-order chi connectivity index (χ1) is 17.2. The van der Waals surface area contributed by atoms with Crippen LogP contribution in [0.1, 0.15) is 31.2 Å². The number of aromatic nitrogens is 4. The summed E-state index contributed by atoms with van der Waals surface area (Å²) in [5, 5.41) is 30.1. The number of hydrogen-bond acceptors (Lipinski definition) is 9. The number of nitrogens with two attached hydrogens (primary N) is 1. The molecule has 2 bridgehead atoms. The summed E-state index contributed by atoms with van der Waals surface area (Å²) in [6.07, 6.45) is 0.0624. The number of anilines is 1. The minimum atomic E-state index is -5.08. The highest BCUT2D eigenvalue weighted by molar-refractivity contribution is 7.89. The Balaban J connectivity index is 0.000000405. The molecule has 0 aliphatic heterocycles. The van der Waals surface area contributed by atoms with Crippen LogP contribution in [0.5, 0.6) is 0 Å². The Bertz CT molecular complexity index is 1600. The highest BCUT2D eigenvalue weighted by Crippen LogP contribution is 2.61. The number of rotatable bonds is 4. The van der Waals surface area contributed by atoms with Crippen molar-refractivity contribution in [1.82, 2.24) is 24.3 Å². The molecule has 2 aromatic heterocycles. The van der Waals surface area contributed by atoms with Gasteiger partial charge in [-0.05, 0) is 43.9 Å². The van der Waals surface area contributed by atoms with Crippen LogP contribution >= 0.6 is 0 Å². The average Bonchev–Trinajstić information content (AvgIpc) is 3.50. The van der Waals surface area contributed by atoms with Gasteiger partial charge in [0, 0.05) is 11.1 Å². The van der Waals surface area contributed by atoms with Gasteiger partial charge < -0.3 is 10.8 Å². The van der Waals surface area contributed by atoms with E-state index in [9.17, 15) is 32.1 Å². The highest BCUT2D eigenvalue weighted by atomic mass is 32.2. The van der Waals surface area contributed by atoms with Crippen molar-refractivity contribution in [3.63, 3.8) is 0 Å². The Kier molecular flexibility index (Phi) is 6.05. The van der Waals surface area contributed by atoms with Gasteiger partial charge in [-0.2, -0.15) is 28.8 Å². The minimum Gasteiger partial charge on any atom is -0.475 e. The number of carboxylic acids is 1. The molecule has 2 heterocycles. The maximum atomic E-state index is 13.1. The Morgan fingerprint density at radius 1 is 1.22 bits per heavy atom. The molecule has 1 aromatic carbocycles. The molecule has 3 aromatic rings. The predicted octanol–water partition coefficient (Wildman–Crippen LogP) is 1.99. The van der Waals surface area contributed by atoms with Gasteiger partial charge in [-0.1, -0.05) is 0 Å². The van der Waals surface area contributed by atoms with Crippen LogP contribution < -0.4 is 10.5 Å². The number of alkyl halides is 3. The van der Waals surface area contributed by atoms with Crippen LogP contribution in [0.2, 0.25) is 0 Å². The van der Waals surface area contributed by atoms with Gasteiger partial charge in [-0.15, -0.1) is 0 Å². The zero-order valence-electron chi connectivity index (χ0n) is 18.7. The summed E-state index contributed by atoms with van der Waals surface area (Å²) in [5.41, 5.74) is 6.26. The number of nitrogen functional groups attached to an aromatic ring is 1. The summed E-state index contributed by atoms with van der Waals surface area (Å²) in [4.78, 5) is 17.0. The van der Waals surface area contributed by atoms with E-state index in [0.29, 0.717) is 42.6 Å². The number of fused-ring (bicyclic) bond motifs is 2. The Morgan fingerprint density at radius 2 is 1.89 bits per heavy atom. The molecule has 0 spiro atoms. The smallest absolute Gasteiger partial charge is 0.475 e. The molecule has 4 N–H and O–H groups in total. The first kappa shape index (κ1) is 25.8. The number of nitriles is 2. The molecule has 3 aliphatic rings. The molecule has 37 heavy (non-hydrogen) atoms. The number of carboxylic acid groups (broad SMARTS) is 1. The number of hydrogen-bond donors (Lipinski definition) is 3. The van der Waals surface area contributed by atoms with E-state index in [-0.39, 0.29) is 16.3 Å². The molecule has 3 saturated carbocycles. The lowest BCUT2D eigenvalue weighted by Crippen LogP contribution is -2.55. The Labute approximate surface area is 207 Å². The van der Waals surface area contributed by atoms with Gasteiger partial charge in [0.2, 0.25) is 10.0 Å². The van der Waals surface area contributed by atoms with Gasteiger partial charge in [0.25, 0.3) is 0 Å². The van der Waals surface area contributed by atoms with Crippen LogP contribution in [0, 0.1) is 28.1 Å². The van der Waals surface area contributed by atoms with Crippen LogP contribution in [0.15, 0.2) is 35.6 Å². The number of nitrogens with one attached hydrogen (secondary N) is 1. The fourth-order valence-corrected chi connectivity index (χ4v) is 6.15. The summed E-state index contributed by atoms with van der Waals surface area (Å²) in [7, 11) is -3.86. The largest absolute Gasteiger partial charge is 0.490 e. The quantitative estimate of drug-likeness (QED) is 0.444. The standard InChI is InChI=1S/C19H16N8O2S.C2HF3O2/c20-6-12-1-2-13(30(28,29)26-19-4-3-18(8-19,9-19)10-21)5-14(12)15-7-23-17-16(22)24-11-25-27(15)17;3-2(4,5)1(6)7/h1-2,5,7,11,26H,3-4,8-9H2,(H2,22,24,25);(H,6,7). The molecular weight excluding hydrogens is 517 g/mol. The zero-order chi connectivity index (χ0) is 27.2. The molecule has 0 amide bonds. The molecule has 0 atom stereocenters. The van der Waals surface area contributed by atoms with Crippen LogP contribution in [0.3, 0.4) is 0 Å². The maximum absolute atomic E-state index is 13.1. The number of aliphatic carboxylic acids is 1. The third-order valence-corrected chi connectivity index (χ3v) is 7.87. The van der Waals surface area contributed by atoms with E-state index in [1.807, 2.05) is 0 Å². The van der Waals surface area contributed by atoms with E-state index >= 15 is 0 Å². The van der Waals surface area contributed by atoms with Crippen molar-refractivity contribution in [2.24, 2.45) is 5.41 Å². The van der Waals surface area contributed by atoms with Crippen molar-refractivity contribution < 1.29 is 31.5 Å². The molecule has 0 radical (unpaired) electrons. The summed E-state index contributed by atoms with van der Waals surface area (Å²) in [6.45, 7) is 0. The third-order valence-electron chi connectivity index (χ3n) is 6.29. The van der Waals surface area contributed by atoms with Crippen molar-refractivity contribution in [2.45, 2.75) is 42.3 Å². The van der Waals surface area contributed by atoms with Crippen molar-refractivity contribution in [3.05, 3.63) is 36.3 Å².